The van der Waals surface area contributed by atoms with E-state index in [0.29, 0.717) is 24.1 Å². The number of aromatic nitrogens is 4. The Bertz CT molecular complexity index is 750. The van der Waals surface area contributed by atoms with Crippen LogP contribution < -0.4 is 11.1 Å². The van der Waals surface area contributed by atoms with E-state index in [9.17, 15) is 9.59 Å². The third-order valence-electron chi connectivity index (χ3n) is 3.52. The molecule has 1 atom stereocenters. The number of primary amides is 1. The minimum Gasteiger partial charge on any atom is -0.383 e. The number of carbonyl (C=O) groups is 2. The zero-order valence-corrected chi connectivity index (χ0v) is 15.7. The van der Waals surface area contributed by atoms with Crippen molar-refractivity contribution >= 4 is 23.7 Å². The predicted octanol–water partition coefficient (Wildman–Crippen LogP) is 1.30. The molecule has 2 aromatic heterocycles. The topological polar surface area (TPSA) is 125 Å². The Hall–Kier alpha value is -2.46. The number of pyridine rings is 1. The number of methoxy groups -OCH3 is 1. The number of thioether (sulfide) groups is 1. The Balaban J connectivity index is 2.33. The van der Waals surface area contributed by atoms with Gasteiger partial charge in [0.1, 0.15) is 0 Å². The molecule has 0 fully saturated rings. The summed E-state index contributed by atoms with van der Waals surface area (Å²) < 4.78 is 7.06. The van der Waals surface area contributed by atoms with E-state index in [0.717, 1.165) is 5.56 Å². The van der Waals surface area contributed by atoms with Gasteiger partial charge >= 0.3 is 6.03 Å². The molecule has 0 aromatic carbocycles. The number of amides is 3. The van der Waals surface area contributed by atoms with Crippen LogP contribution in [0.25, 0.3) is 11.4 Å². The highest BCUT2D eigenvalue weighted by atomic mass is 32.2. The number of urea groups is 1. The molecule has 0 spiro atoms. The quantitative estimate of drug-likeness (QED) is 0.663. The van der Waals surface area contributed by atoms with Crippen LogP contribution in [0.3, 0.4) is 0 Å². The SMILES string of the molecule is COCCn1c(SC(C(=O)NC(N)=O)C(C)C)nnc1-c1ccncc1. The number of ether oxygens (including phenoxy) is 1. The summed E-state index contributed by atoms with van der Waals surface area (Å²) in [6, 6.07) is 2.79. The first-order chi connectivity index (χ1) is 12.4. The molecule has 2 rings (SSSR count). The van der Waals surface area contributed by atoms with Crippen molar-refractivity contribution in [3.8, 4) is 11.4 Å². The van der Waals surface area contributed by atoms with Crippen LogP contribution in [0.4, 0.5) is 4.79 Å². The van der Waals surface area contributed by atoms with Crippen molar-refractivity contribution in [3.63, 3.8) is 0 Å². The summed E-state index contributed by atoms with van der Waals surface area (Å²) in [5.41, 5.74) is 5.92. The van der Waals surface area contributed by atoms with Crippen LogP contribution in [-0.4, -0.2) is 50.7 Å². The van der Waals surface area contributed by atoms with Crippen molar-refractivity contribution in [1.82, 2.24) is 25.1 Å². The van der Waals surface area contributed by atoms with Crippen molar-refractivity contribution in [1.29, 1.82) is 0 Å². The molecule has 0 radical (unpaired) electrons. The van der Waals surface area contributed by atoms with Gasteiger partial charge in [-0.1, -0.05) is 25.6 Å². The summed E-state index contributed by atoms with van der Waals surface area (Å²) in [7, 11) is 1.61. The maximum absolute atomic E-state index is 12.3. The van der Waals surface area contributed by atoms with Crippen LogP contribution in [0, 0.1) is 5.92 Å². The molecule has 3 amide bonds. The first kappa shape index (κ1) is 19.9. The van der Waals surface area contributed by atoms with Crippen LogP contribution in [0.15, 0.2) is 29.7 Å². The lowest BCUT2D eigenvalue weighted by atomic mass is 10.1. The van der Waals surface area contributed by atoms with Crippen molar-refractivity contribution in [2.24, 2.45) is 11.7 Å². The number of carbonyl (C=O) groups excluding carboxylic acids is 2. The number of hydrogen-bond acceptors (Lipinski definition) is 7. The third kappa shape index (κ3) is 5.02. The molecule has 2 aromatic rings. The van der Waals surface area contributed by atoms with Crippen LogP contribution in [0.1, 0.15) is 13.8 Å². The average Bonchev–Trinajstić information content (AvgIpc) is 3.00. The smallest absolute Gasteiger partial charge is 0.318 e. The maximum Gasteiger partial charge on any atom is 0.318 e. The van der Waals surface area contributed by atoms with E-state index in [4.69, 9.17) is 10.5 Å². The molecule has 140 valence electrons. The van der Waals surface area contributed by atoms with Crippen molar-refractivity contribution in [2.45, 2.75) is 30.8 Å². The molecule has 10 heteroatoms. The molecule has 0 bridgehead atoms. The molecule has 9 nitrogen and oxygen atoms in total. The Morgan fingerprint density at radius 2 is 2.00 bits per heavy atom. The molecule has 0 aliphatic carbocycles. The highest BCUT2D eigenvalue weighted by Crippen LogP contribution is 2.30. The maximum atomic E-state index is 12.3. The van der Waals surface area contributed by atoms with Gasteiger partial charge < -0.3 is 10.5 Å². The molecule has 2 heterocycles. The van der Waals surface area contributed by atoms with Crippen LogP contribution in [-0.2, 0) is 16.1 Å². The van der Waals surface area contributed by atoms with Crippen molar-refractivity contribution in [2.75, 3.05) is 13.7 Å². The Labute approximate surface area is 155 Å². The Morgan fingerprint density at radius 3 is 2.58 bits per heavy atom. The number of nitrogens with two attached hydrogens (primary N) is 1. The van der Waals surface area contributed by atoms with Gasteiger partial charge in [0, 0.05) is 25.1 Å². The van der Waals surface area contributed by atoms with Gasteiger partial charge in [0.2, 0.25) is 5.91 Å². The van der Waals surface area contributed by atoms with Crippen LogP contribution in [0.2, 0.25) is 0 Å². The molecule has 0 aliphatic rings. The standard InChI is InChI=1S/C16H22N6O3S/c1-10(2)12(14(23)19-15(17)24)26-16-21-20-13(22(16)8-9-25-3)11-4-6-18-7-5-11/h4-7,10,12H,8-9H2,1-3H3,(H3,17,19,23,24). The molecule has 3 N–H and O–H groups in total. The third-order valence-corrected chi connectivity index (χ3v) is 5.04. The van der Waals surface area contributed by atoms with Crippen LogP contribution in [0.5, 0.6) is 0 Å². The summed E-state index contributed by atoms with van der Waals surface area (Å²) in [5.74, 6) is 0.158. The number of hydrogen-bond donors (Lipinski definition) is 2. The minimum absolute atomic E-state index is 0.0451. The van der Waals surface area contributed by atoms with E-state index in [-0.39, 0.29) is 5.92 Å². The Kier molecular flexibility index (Phi) is 7.10. The zero-order chi connectivity index (χ0) is 19.1. The summed E-state index contributed by atoms with van der Waals surface area (Å²) in [4.78, 5) is 27.3. The van der Waals surface area contributed by atoms with E-state index in [1.54, 1.807) is 19.5 Å². The highest BCUT2D eigenvalue weighted by molar-refractivity contribution is 8.00. The number of nitrogens with one attached hydrogen (secondary N) is 1. The first-order valence-corrected chi connectivity index (χ1v) is 8.91. The van der Waals surface area contributed by atoms with Crippen molar-refractivity contribution in [3.05, 3.63) is 24.5 Å². The van der Waals surface area contributed by atoms with E-state index in [2.05, 4.69) is 20.5 Å². The second kappa shape index (κ2) is 9.30. The second-order valence-corrected chi connectivity index (χ2v) is 6.93. The first-order valence-electron chi connectivity index (χ1n) is 8.03. The lowest BCUT2D eigenvalue weighted by Crippen LogP contribution is -2.42. The van der Waals surface area contributed by atoms with Gasteiger partial charge in [-0.25, -0.2) is 4.79 Å². The molecular weight excluding hydrogens is 356 g/mol. The number of imide groups is 1. The average molecular weight is 378 g/mol. The normalized spacial score (nSPS) is 12.2. The fourth-order valence-corrected chi connectivity index (χ4v) is 3.33. The number of nitrogens with zero attached hydrogens (tertiary/aromatic N) is 4. The molecule has 0 saturated carbocycles. The summed E-state index contributed by atoms with van der Waals surface area (Å²) in [5, 5.41) is 10.6. The Morgan fingerprint density at radius 1 is 1.31 bits per heavy atom. The van der Waals surface area contributed by atoms with Gasteiger partial charge in [0.15, 0.2) is 11.0 Å². The monoisotopic (exact) mass is 378 g/mol. The predicted molar refractivity (Wildman–Crippen MR) is 97.3 cm³/mol. The van der Waals surface area contributed by atoms with Gasteiger partial charge in [0.25, 0.3) is 0 Å². The van der Waals surface area contributed by atoms with Crippen LogP contribution >= 0.6 is 11.8 Å². The van der Waals surface area contributed by atoms with Crippen molar-refractivity contribution < 1.29 is 14.3 Å². The number of rotatable bonds is 8. The van der Waals surface area contributed by atoms with Gasteiger partial charge in [0.05, 0.1) is 18.4 Å². The fraction of sp³-hybridized carbons (Fsp3) is 0.438. The lowest BCUT2D eigenvalue weighted by molar-refractivity contribution is -0.120. The van der Waals surface area contributed by atoms with E-state index in [1.807, 2.05) is 30.5 Å². The van der Waals surface area contributed by atoms with Gasteiger partial charge in [-0.05, 0) is 18.1 Å². The molecule has 26 heavy (non-hydrogen) atoms. The minimum atomic E-state index is -0.875. The molecular formula is C16H22N6O3S. The van der Waals surface area contributed by atoms with Gasteiger partial charge in [-0.3, -0.25) is 19.7 Å². The van der Waals surface area contributed by atoms with Gasteiger partial charge in [-0.2, -0.15) is 0 Å². The van der Waals surface area contributed by atoms with E-state index >= 15 is 0 Å². The molecule has 0 saturated heterocycles. The molecule has 1 unspecified atom stereocenters. The lowest BCUT2D eigenvalue weighted by Gasteiger charge is -2.19. The highest BCUT2D eigenvalue weighted by Gasteiger charge is 2.27. The van der Waals surface area contributed by atoms with E-state index < -0.39 is 17.2 Å². The fourth-order valence-electron chi connectivity index (χ4n) is 2.27. The summed E-state index contributed by atoms with van der Waals surface area (Å²) in [6.45, 7) is 4.75. The van der Waals surface area contributed by atoms with Gasteiger partial charge in [-0.15, -0.1) is 10.2 Å². The molecule has 0 aliphatic heterocycles. The van der Waals surface area contributed by atoms with E-state index in [1.165, 1.54) is 11.8 Å². The summed E-state index contributed by atoms with van der Waals surface area (Å²) >= 11 is 1.24. The zero-order valence-electron chi connectivity index (χ0n) is 14.9. The largest absolute Gasteiger partial charge is 0.383 e. The summed E-state index contributed by atoms with van der Waals surface area (Å²) in [6.07, 6.45) is 3.35. The second-order valence-electron chi connectivity index (χ2n) is 5.82.